The molecule has 7 nitrogen and oxygen atoms in total. The first-order valence-corrected chi connectivity index (χ1v) is 17.1. The van der Waals surface area contributed by atoms with E-state index in [9.17, 15) is 0 Å². The second-order valence-electron chi connectivity index (χ2n) is 12.8. The molecular weight excluding hydrogens is 649 g/mol. The van der Waals surface area contributed by atoms with Gasteiger partial charge >= 0.3 is 0 Å². The molecular formula is C45H44N2O5. The summed E-state index contributed by atoms with van der Waals surface area (Å²) in [5.74, 6) is 13.8. The molecule has 0 atom stereocenters. The predicted molar refractivity (Wildman–Crippen MR) is 208 cm³/mol. The zero-order valence-corrected chi connectivity index (χ0v) is 30.3. The van der Waals surface area contributed by atoms with Gasteiger partial charge < -0.3 is 33.5 Å². The van der Waals surface area contributed by atoms with E-state index in [0.29, 0.717) is 37.1 Å². The van der Waals surface area contributed by atoms with Crippen LogP contribution in [0.15, 0.2) is 72.8 Å². The molecule has 0 radical (unpaired) electrons. The Labute approximate surface area is 308 Å². The summed E-state index contributed by atoms with van der Waals surface area (Å²) in [6, 6.07) is 24.3. The zero-order valence-electron chi connectivity index (χ0n) is 30.3. The van der Waals surface area contributed by atoms with E-state index in [0.717, 1.165) is 57.2 Å². The van der Waals surface area contributed by atoms with Crippen LogP contribution >= 0.6 is 0 Å². The third-order valence-corrected chi connectivity index (χ3v) is 9.14. The Morgan fingerprint density at radius 1 is 0.731 bits per heavy atom. The first-order chi connectivity index (χ1) is 25.2. The average molecular weight is 693 g/mol. The summed E-state index contributed by atoms with van der Waals surface area (Å²) in [5.41, 5.74) is 6.78. The Balaban J connectivity index is 1.51. The molecule has 0 bridgehead atoms. The monoisotopic (exact) mass is 692 g/mol. The van der Waals surface area contributed by atoms with Crippen LogP contribution in [0.2, 0.25) is 0 Å². The summed E-state index contributed by atoms with van der Waals surface area (Å²) in [4.78, 5) is 4.41. The highest BCUT2D eigenvalue weighted by molar-refractivity contribution is 5.66. The SMILES string of the molecule is C#CCOc1ccc(C)c(CN(CC)c2cc(C(C)(C)c3ccc(OCC#C)c(N4COc5ccc(OCC#C)cc5C4)c3)ccc2OCC#C)c1. The van der Waals surface area contributed by atoms with Crippen LogP contribution in [0.1, 0.15) is 48.6 Å². The minimum atomic E-state index is -0.443. The number of benzene rings is 4. The van der Waals surface area contributed by atoms with Crippen molar-refractivity contribution in [3.05, 3.63) is 101 Å². The van der Waals surface area contributed by atoms with E-state index in [1.54, 1.807) is 0 Å². The second kappa shape index (κ2) is 17.1. The molecule has 1 heterocycles. The molecule has 1 aliphatic rings. The van der Waals surface area contributed by atoms with Crippen LogP contribution in [-0.4, -0.2) is 39.7 Å². The molecule has 264 valence electrons. The molecule has 7 heteroatoms. The molecule has 0 aliphatic carbocycles. The van der Waals surface area contributed by atoms with Crippen LogP contribution in [0.25, 0.3) is 0 Å². The van der Waals surface area contributed by atoms with Crippen LogP contribution in [0.5, 0.6) is 28.7 Å². The molecule has 4 aromatic carbocycles. The van der Waals surface area contributed by atoms with Gasteiger partial charge in [0.2, 0.25) is 0 Å². The molecule has 0 spiro atoms. The lowest BCUT2D eigenvalue weighted by molar-refractivity contribution is 0.284. The second-order valence-corrected chi connectivity index (χ2v) is 12.8. The Hall–Kier alpha value is -6.28. The van der Waals surface area contributed by atoms with Crippen LogP contribution in [0.4, 0.5) is 11.4 Å². The van der Waals surface area contributed by atoms with Crippen molar-refractivity contribution in [3.63, 3.8) is 0 Å². The minimum Gasteiger partial charge on any atom is -0.481 e. The van der Waals surface area contributed by atoms with Crippen molar-refractivity contribution in [2.24, 2.45) is 0 Å². The number of terminal acetylenes is 4. The van der Waals surface area contributed by atoms with Gasteiger partial charge in [-0.3, -0.25) is 0 Å². The summed E-state index contributed by atoms with van der Waals surface area (Å²) < 4.78 is 29.8. The number of nitrogens with zero attached hydrogens (tertiary/aromatic N) is 2. The molecule has 52 heavy (non-hydrogen) atoms. The Bertz CT molecular complexity index is 2060. The van der Waals surface area contributed by atoms with E-state index < -0.39 is 5.41 Å². The van der Waals surface area contributed by atoms with E-state index in [1.807, 2.05) is 42.5 Å². The summed E-state index contributed by atoms with van der Waals surface area (Å²) >= 11 is 0. The van der Waals surface area contributed by atoms with Gasteiger partial charge in [-0.2, -0.15) is 0 Å². The van der Waals surface area contributed by atoms with Crippen molar-refractivity contribution in [1.29, 1.82) is 0 Å². The molecule has 0 aromatic heterocycles. The van der Waals surface area contributed by atoms with Crippen molar-refractivity contribution in [1.82, 2.24) is 0 Å². The van der Waals surface area contributed by atoms with E-state index in [1.165, 1.54) is 0 Å². The number of hydrogen-bond donors (Lipinski definition) is 0. The van der Waals surface area contributed by atoms with E-state index in [-0.39, 0.29) is 26.4 Å². The summed E-state index contributed by atoms with van der Waals surface area (Å²) in [6.07, 6.45) is 22.1. The maximum atomic E-state index is 6.19. The van der Waals surface area contributed by atoms with Crippen molar-refractivity contribution in [3.8, 4) is 78.1 Å². The standard InChI is InChI=1S/C45H44N2O5/c1-9-22-48-38-17-14-33(6)34(26-38)30-46(13-5)40-28-36(15-19-43(40)50-24-11-3)45(7,8)37-16-20-44(51-25-12-4)41(29-37)47-31-35-27-39(49-23-10-2)18-21-42(35)52-32-47/h1-4,14-21,26-29H,13,22-25,30-32H2,5-8H3. The molecule has 4 aromatic rings. The molecule has 0 N–H and O–H groups in total. The van der Waals surface area contributed by atoms with Crippen molar-refractivity contribution >= 4 is 11.4 Å². The Morgan fingerprint density at radius 2 is 1.33 bits per heavy atom. The van der Waals surface area contributed by atoms with Crippen molar-refractivity contribution in [2.45, 2.75) is 46.2 Å². The van der Waals surface area contributed by atoms with Gasteiger partial charge in [-0.1, -0.05) is 55.7 Å². The average Bonchev–Trinajstić information content (AvgIpc) is 3.17. The third kappa shape index (κ3) is 8.53. The third-order valence-electron chi connectivity index (χ3n) is 9.14. The van der Waals surface area contributed by atoms with Gasteiger partial charge in [-0.25, -0.2) is 0 Å². The first kappa shape index (κ1) is 37.0. The minimum absolute atomic E-state index is 0.138. The van der Waals surface area contributed by atoms with Gasteiger partial charge in [0.05, 0.1) is 17.9 Å². The van der Waals surface area contributed by atoms with Crippen molar-refractivity contribution < 1.29 is 23.7 Å². The quantitative estimate of drug-likeness (QED) is 0.118. The maximum absolute atomic E-state index is 6.19. The highest BCUT2D eigenvalue weighted by Crippen LogP contribution is 2.42. The van der Waals surface area contributed by atoms with Gasteiger partial charge in [-0.05, 0) is 90.7 Å². The lowest BCUT2D eigenvalue weighted by Crippen LogP contribution is -2.32. The smallest absolute Gasteiger partial charge is 0.161 e. The number of anilines is 2. The molecule has 0 saturated heterocycles. The van der Waals surface area contributed by atoms with Crippen LogP contribution in [0.3, 0.4) is 0 Å². The zero-order chi connectivity index (χ0) is 37.1. The fourth-order valence-electron chi connectivity index (χ4n) is 6.15. The molecule has 0 saturated carbocycles. The number of ether oxygens (including phenoxy) is 5. The van der Waals surface area contributed by atoms with Gasteiger partial charge in [0.15, 0.2) is 6.73 Å². The summed E-state index contributed by atoms with van der Waals surface area (Å²) in [6.45, 7) is 11.6. The van der Waals surface area contributed by atoms with Gasteiger partial charge in [0.1, 0.15) is 55.2 Å². The predicted octanol–water partition coefficient (Wildman–Crippen LogP) is 7.75. The van der Waals surface area contributed by atoms with E-state index >= 15 is 0 Å². The van der Waals surface area contributed by atoms with Crippen LogP contribution in [-0.2, 0) is 18.5 Å². The van der Waals surface area contributed by atoms with Gasteiger partial charge in [0.25, 0.3) is 0 Å². The fourth-order valence-corrected chi connectivity index (χ4v) is 6.15. The first-order valence-electron chi connectivity index (χ1n) is 17.1. The highest BCUT2D eigenvalue weighted by atomic mass is 16.5. The normalized spacial score (nSPS) is 11.8. The lowest BCUT2D eigenvalue weighted by Gasteiger charge is -2.34. The maximum Gasteiger partial charge on any atom is 0.161 e. The van der Waals surface area contributed by atoms with Gasteiger partial charge in [-0.15, -0.1) is 25.7 Å². The number of fused-ring (bicyclic) bond motifs is 1. The van der Waals surface area contributed by atoms with Gasteiger partial charge in [0, 0.05) is 24.1 Å². The number of rotatable bonds is 15. The van der Waals surface area contributed by atoms with Crippen LogP contribution in [0, 0.1) is 56.3 Å². The van der Waals surface area contributed by atoms with Crippen molar-refractivity contribution in [2.75, 3.05) is 49.5 Å². The topological polar surface area (TPSA) is 52.6 Å². The Morgan fingerprint density at radius 3 is 2.00 bits per heavy atom. The molecule has 0 amide bonds. The lowest BCUT2D eigenvalue weighted by atomic mass is 9.77. The summed E-state index contributed by atoms with van der Waals surface area (Å²) in [7, 11) is 0. The van der Waals surface area contributed by atoms with Crippen LogP contribution < -0.4 is 33.5 Å². The molecule has 1 aliphatic heterocycles. The molecule has 0 unspecified atom stereocenters. The molecule has 0 fully saturated rings. The largest absolute Gasteiger partial charge is 0.481 e. The fraction of sp³-hybridized carbons (Fsp3) is 0.289. The number of aryl methyl sites for hydroxylation is 1. The molecule has 5 rings (SSSR count). The van der Waals surface area contributed by atoms with E-state index in [2.05, 4.69) is 91.5 Å². The number of hydrogen-bond acceptors (Lipinski definition) is 7. The summed E-state index contributed by atoms with van der Waals surface area (Å²) in [5, 5.41) is 0. The van der Waals surface area contributed by atoms with E-state index in [4.69, 9.17) is 49.4 Å². The highest BCUT2D eigenvalue weighted by Gasteiger charge is 2.29. The Kier molecular flexibility index (Phi) is 12.2.